The van der Waals surface area contributed by atoms with Gasteiger partial charge in [0, 0.05) is 29.1 Å². The highest BCUT2D eigenvalue weighted by atomic mass is 16.5. The van der Waals surface area contributed by atoms with E-state index in [-0.39, 0.29) is 5.97 Å². The van der Waals surface area contributed by atoms with Crippen LogP contribution in [-0.2, 0) is 11.8 Å². The fourth-order valence-corrected chi connectivity index (χ4v) is 2.96. The lowest BCUT2D eigenvalue weighted by molar-refractivity contribution is 0.0517. The third-order valence-corrected chi connectivity index (χ3v) is 3.95. The summed E-state index contributed by atoms with van der Waals surface area (Å²) in [5.41, 5.74) is 3.25. The number of hydrogen-bond acceptors (Lipinski definition) is 3. The van der Waals surface area contributed by atoms with Crippen molar-refractivity contribution in [2.75, 3.05) is 13.7 Å². The molecule has 0 fully saturated rings. The second-order valence-corrected chi connectivity index (χ2v) is 5.22. The Labute approximate surface area is 135 Å². The number of nitrogens with zero attached hydrogens (tertiary/aromatic N) is 1. The number of rotatable bonds is 4. The number of ether oxygens (including phenoxy) is 2. The Morgan fingerprint density at radius 2 is 1.78 bits per heavy atom. The van der Waals surface area contributed by atoms with Crippen molar-refractivity contribution in [2.45, 2.75) is 6.92 Å². The van der Waals surface area contributed by atoms with Crippen LogP contribution in [0.2, 0.25) is 0 Å². The summed E-state index contributed by atoms with van der Waals surface area (Å²) in [6.45, 7) is 2.15. The molecule has 2 aromatic carbocycles. The van der Waals surface area contributed by atoms with Crippen LogP contribution in [0.4, 0.5) is 0 Å². The minimum absolute atomic E-state index is 0.327. The highest BCUT2D eigenvalue weighted by Gasteiger charge is 2.24. The van der Waals surface area contributed by atoms with Gasteiger partial charge in [0.15, 0.2) is 0 Å². The fraction of sp³-hybridized carbons (Fsp3) is 0.211. The molecule has 118 valence electrons. The number of carbonyl (C=O) groups is 1. The number of methoxy groups -OCH3 is 1. The standard InChI is InChI=1S/C19H19NO3/c1-4-23-19(21)18-17(14-10-6-8-12-16(14)22-3)13-9-5-7-11-15(13)20(18)2/h5-12H,4H2,1-3H3. The van der Waals surface area contributed by atoms with Crippen LogP contribution < -0.4 is 4.74 Å². The molecule has 0 aliphatic carbocycles. The molecule has 0 aliphatic heterocycles. The molecule has 0 saturated heterocycles. The Morgan fingerprint density at radius 1 is 1.09 bits per heavy atom. The third-order valence-electron chi connectivity index (χ3n) is 3.95. The summed E-state index contributed by atoms with van der Waals surface area (Å²) in [6, 6.07) is 15.7. The molecule has 0 aliphatic rings. The highest BCUT2D eigenvalue weighted by Crippen LogP contribution is 2.39. The maximum absolute atomic E-state index is 12.5. The van der Waals surface area contributed by atoms with Gasteiger partial charge in [-0.05, 0) is 19.1 Å². The van der Waals surface area contributed by atoms with E-state index < -0.39 is 0 Å². The lowest BCUT2D eigenvalue weighted by Gasteiger charge is -2.11. The minimum atomic E-state index is -0.327. The molecule has 4 heteroatoms. The molecular formula is C19H19NO3. The number of hydrogen-bond donors (Lipinski definition) is 0. The number of aromatic nitrogens is 1. The quantitative estimate of drug-likeness (QED) is 0.683. The molecule has 3 rings (SSSR count). The van der Waals surface area contributed by atoms with Gasteiger partial charge in [0.25, 0.3) is 0 Å². The van der Waals surface area contributed by atoms with Gasteiger partial charge in [-0.3, -0.25) is 0 Å². The van der Waals surface area contributed by atoms with E-state index in [0.29, 0.717) is 12.3 Å². The molecule has 23 heavy (non-hydrogen) atoms. The van der Waals surface area contributed by atoms with Gasteiger partial charge in [0.05, 0.1) is 13.7 Å². The van der Waals surface area contributed by atoms with Gasteiger partial charge in [-0.15, -0.1) is 0 Å². The van der Waals surface area contributed by atoms with Crippen LogP contribution in [0, 0.1) is 0 Å². The molecule has 0 saturated carbocycles. The zero-order chi connectivity index (χ0) is 16.4. The largest absolute Gasteiger partial charge is 0.496 e. The highest BCUT2D eigenvalue weighted by molar-refractivity contribution is 6.09. The number of carbonyl (C=O) groups excluding carboxylic acids is 1. The number of para-hydroxylation sites is 2. The lowest BCUT2D eigenvalue weighted by Crippen LogP contribution is -2.11. The summed E-state index contributed by atoms with van der Waals surface area (Å²) in [5, 5.41) is 1.00. The van der Waals surface area contributed by atoms with Crippen LogP contribution in [0.5, 0.6) is 5.75 Å². The predicted molar refractivity (Wildman–Crippen MR) is 90.9 cm³/mol. The van der Waals surface area contributed by atoms with Crippen molar-refractivity contribution in [3.05, 3.63) is 54.2 Å². The lowest BCUT2D eigenvalue weighted by atomic mass is 10.0. The molecular weight excluding hydrogens is 290 g/mol. The van der Waals surface area contributed by atoms with Crippen molar-refractivity contribution in [3.63, 3.8) is 0 Å². The Kier molecular flexibility index (Phi) is 4.06. The van der Waals surface area contributed by atoms with Crippen molar-refractivity contribution in [1.29, 1.82) is 0 Å². The molecule has 3 aromatic rings. The van der Waals surface area contributed by atoms with Crippen LogP contribution in [0.1, 0.15) is 17.4 Å². The predicted octanol–water partition coefficient (Wildman–Crippen LogP) is 4.03. The topological polar surface area (TPSA) is 40.5 Å². The Balaban J connectivity index is 2.38. The first-order valence-electron chi connectivity index (χ1n) is 7.57. The van der Waals surface area contributed by atoms with E-state index in [4.69, 9.17) is 9.47 Å². The van der Waals surface area contributed by atoms with Gasteiger partial charge >= 0.3 is 5.97 Å². The molecule has 0 atom stereocenters. The Bertz CT molecular complexity index is 864. The van der Waals surface area contributed by atoms with Gasteiger partial charge in [-0.25, -0.2) is 4.79 Å². The molecule has 0 bridgehead atoms. The first-order chi connectivity index (χ1) is 11.2. The van der Waals surface area contributed by atoms with E-state index in [1.54, 1.807) is 7.11 Å². The summed E-state index contributed by atoms with van der Waals surface area (Å²) in [5.74, 6) is 0.404. The molecule has 1 aromatic heterocycles. The first kappa shape index (κ1) is 15.2. The van der Waals surface area contributed by atoms with Crippen molar-refractivity contribution < 1.29 is 14.3 Å². The summed E-state index contributed by atoms with van der Waals surface area (Å²) in [4.78, 5) is 12.5. The Morgan fingerprint density at radius 3 is 2.52 bits per heavy atom. The first-order valence-corrected chi connectivity index (χ1v) is 7.57. The minimum Gasteiger partial charge on any atom is -0.496 e. The molecule has 0 N–H and O–H groups in total. The average molecular weight is 309 g/mol. The SMILES string of the molecule is CCOC(=O)c1c(-c2ccccc2OC)c2ccccc2n1C. The van der Waals surface area contributed by atoms with Crippen molar-refractivity contribution >= 4 is 16.9 Å². The van der Waals surface area contributed by atoms with E-state index in [9.17, 15) is 4.79 Å². The van der Waals surface area contributed by atoms with Gasteiger partial charge in [0.2, 0.25) is 0 Å². The molecule has 0 spiro atoms. The van der Waals surface area contributed by atoms with E-state index in [1.807, 2.05) is 67.1 Å². The van der Waals surface area contributed by atoms with Gasteiger partial charge in [0.1, 0.15) is 11.4 Å². The maximum atomic E-state index is 12.5. The van der Waals surface area contributed by atoms with E-state index in [2.05, 4.69) is 0 Å². The van der Waals surface area contributed by atoms with Gasteiger partial charge in [-0.1, -0.05) is 36.4 Å². The fourth-order valence-electron chi connectivity index (χ4n) is 2.96. The summed E-state index contributed by atoms with van der Waals surface area (Å²) < 4.78 is 12.6. The van der Waals surface area contributed by atoms with E-state index >= 15 is 0 Å². The molecule has 0 amide bonds. The van der Waals surface area contributed by atoms with Crippen molar-refractivity contribution in [2.24, 2.45) is 7.05 Å². The van der Waals surface area contributed by atoms with Crippen LogP contribution in [-0.4, -0.2) is 24.3 Å². The van der Waals surface area contributed by atoms with Crippen LogP contribution in [0.3, 0.4) is 0 Å². The van der Waals surface area contributed by atoms with Crippen LogP contribution in [0.25, 0.3) is 22.0 Å². The number of esters is 1. The Hall–Kier alpha value is -2.75. The van der Waals surface area contributed by atoms with E-state index in [1.165, 1.54) is 0 Å². The smallest absolute Gasteiger partial charge is 0.355 e. The molecule has 4 nitrogen and oxygen atoms in total. The number of fused-ring (bicyclic) bond motifs is 1. The van der Waals surface area contributed by atoms with Gasteiger partial charge in [-0.2, -0.15) is 0 Å². The third kappa shape index (κ3) is 2.46. The van der Waals surface area contributed by atoms with Crippen molar-refractivity contribution in [3.8, 4) is 16.9 Å². The zero-order valence-corrected chi connectivity index (χ0v) is 13.5. The molecule has 0 unspecified atom stereocenters. The maximum Gasteiger partial charge on any atom is 0.355 e. The second-order valence-electron chi connectivity index (χ2n) is 5.22. The molecule has 0 radical (unpaired) electrons. The van der Waals surface area contributed by atoms with Crippen LogP contribution >= 0.6 is 0 Å². The number of aryl methyl sites for hydroxylation is 1. The van der Waals surface area contributed by atoms with Crippen molar-refractivity contribution in [1.82, 2.24) is 4.57 Å². The second kappa shape index (κ2) is 6.16. The number of benzene rings is 2. The zero-order valence-electron chi connectivity index (χ0n) is 13.5. The molecule has 1 heterocycles. The average Bonchev–Trinajstić information content (AvgIpc) is 2.88. The van der Waals surface area contributed by atoms with Gasteiger partial charge < -0.3 is 14.0 Å². The summed E-state index contributed by atoms with van der Waals surface area (Å²) in [6.07, 6.45) is 0. The summed E-state index contributed by atoms with van der Waals surface area (Å²) in [7, 11) is 3.52. The summed E-state index contributed by atoms with van der Waals surface area (Å²) >= 11 is 0. The van der Waals surface area contributed by atoms with Crippen LogP contribution in [0.15, 0.2) is 48.5 Å². The normalized spacial score (nSPS) is 10.7. The van der Waals surface area contributed by atoms with E-state index in [0.717, 1.165) is 27.8 Å². The monoisotopic (exact) mass is 309 g/mol.